The molecule has 2 aromatic rings. The first-order valence-corrected chi connectivity index (χ1v) is 13.9. The van der Waals surface area contributed by atoms with Gasteiger partial charge in [0, 0.05) is 31.4 Å². The molecule has 4 bridgehead atoms. The van der Waals surface area contributed by atoms with Gasteiger partial charge in [0.2, 0.25) is 16.0 Å². The molecular weight excluding hydrogens is 468 g/mol. The third-order valence-electron chi connectivity index (χ3n) is 6.40. The number of aryl methyl sites for hydroxylation is 1. The number of carbonyl (C=O) groups is 1. The Bertz CT molecular complexity index is 1160. The molecule has 1 aromatic heterocycles. The topological polar surface area (TPSA) is 137 Å². The molecule has 190 valence electrons. The number of aliphatic hydroxyl groups is 1. The van der Waals surface area contributed by atoms with Crippen molar-refractivity contribution in [2.45, 2.75) is 45.4 Å². The van der Waals surface area contributed by atoms with E-state index in [4.69, 9.17) is 5.11 Å². The fourth-order valence-corrected chi connectivity index (χ4v) is 5.58. The Morgan fingerprint density at radius 3 is 2.80 bits per heavy atom. The lowest BCUT2D eigenvalue weighted by Gasteiger charge is -2.36. The van der Waals surface area contributed by atoms with Gasteiger partial charge in [-0.15, -0.1) is 0 Å². The number of hydrogen-bond donors (Lipinski definition) is 4. The molecule has 0 aliphatic carbocycles. The predicted molar refractivity (Wildman–Crippen MR) is 138 cm³/mol. The molecule has 1 atom stereocenters. The summed E-state index contributed by atoms with van der Waals surface area (Å²) < 4.78 is 27.0. The van der Waals surface area contributed by atoms with E-state index in [1.807, 2.05) is 6.92 Å². The number of carbonyl (C=O) groups excluding carboxylic acids is 1. The van der Waals surface area contributed by atoms with Gasteiger partial charge < -0.3 is 20.6 Å². The van der Waals surface area contributed by atoms with E-state index in [0.29, 0.717) is 34.6 Å². The highest BCUT2D eigenvalue weighted by atomic mass is 32.2. The molecule has 10 nitrogen and oxygen atoms in total. The largest absolute Gasteiger partial charge is 0.395 e. The number of hydrogen-bond acceptors (Lipinski definition) is 8. The number of anilines is 4. The molecule has 1 amide bonds. The Morgan fingerprint density at radius 1 is 1.14 bits per heavy atom. The van der Waals surface area contributed by atoms with Crippen molar-refractivity contribution in [3.63, 3.8) is 0 Å². The maximum atomic E-state index is 13.4. The third-order valence-corrected chi connectivity index (χ3v) is 7.67. The van der Waals surface area contributed by atoms with Gasteiger partial charge in [0.25, 0.3) is 5.91 Å². The number of aliphatic hydroxyl groups excluding tert-OH is 1. The first-order chi connectivity index (χ1) is 16.8. The van der Waals surface area contributed by atoms with Crippen LogP contribution >= 0.6 is 0 Å². The van der Waals surface area contributed by atoms with Crippen molar-refractivity contribution in [2.75, 3.05) is 52.2 Å². The molecule has 2 aliphatic rings. The van der Waals surface area contributed by atoms with Crippen molar-refractivity contribution >= 4 is 39.1 Å². The van der Waals surface area contributed by atoms with Crippen LogP contribution in [0.1, 0.15) is 54.6 Å². The van der Waals surface area contributed by atoms with Crippen LogP contribution in [0, 0.1) is 12.8 Å². The van der Waals surface area contributed by atoms with Gasteiger partial charge in [-0.3, -0.25) is 9.52 Å². The standard InChI is InChI=1S/C24H34N6O4S/c1-17-14-22-27-23(32)20-9-8-19(29-35(33,34)13-12-31)15-21(20)30-11-5-7-18(16-30)6-3-2-4-10-25-24(26-17)28-22/h8-9,14-15,18,29,31H,2-7,10-13,16H2,1H3,(H2,25,26,27,28,32)/t18-/m1/s1. The maximum absolute atomic E-state index is 13.4. The van der Waals surface area contributed by atoms with Crippen molar-refractivity contribution in [3.8, 4) is 0 Å². The zero-order chi connectivity index (χ0) is 24.8. The number of rotatable bonds is 4. The molecule has 0 saturated carbocycles. The molecule has 0 radical (unpaired) electrons. The monoisotopic (exact) mass is 502 g/mol. The second-order valence-corrected chi connectivity index (χ2v) is 11.1. The third kappa shape index (κ3) is 6.82. The minimum atomic E-state index is -3.69. The average molecular weight is 503 g/mol. The molecule has 0 spiro atoms. The van der Waals surface area contributed by atoms with Crippen LogP contribution in [-0.4, -0.2) is 61.4 Å². The van der Waals surface area contributed by atoms with Crippen LogP contribution in [0.25, 0.3) is 0 Å². The minimum Gasteiger partial charge on any atom is -0.395 e. The van der Waals surface area contributed by atoms with Gasteiger partial charge in [-0.1, -0.05) is 12.8 Å². The lowest BCUT2D eigenvalue weighted by Crippen LogP contribution is -2.36. The van der Waals surface area contributed by atoms with Gasteiger partial charge in [0.15, 0.2) is 0 Å². The molecule has 3 heterocycles. The number of benzene rings is 1. The van der Waals surface area contributed by atoms with E-state index in [9.17, 15) is 13.2 Å². The molecule has 4 rings (SSSR count). The van der Waals surface area contributed by atoms with E-state index in [2.05, 4.69) is 30.2 Å². The first-order valence-electron chi connectivity index (χ1n) is 12.2. The van der Waals surface area contributed by atoms with Gasteiger partial charge in [0.05, 0.1) is 29.3 Å². The molecular formula is C24H34N6O4S. The summed E-state index contributed by atoms with van der Waals surface area (Å²) in [5.74, 6) is 0.714. The van der Waals surface area contributed by atoms with Crippen molar-refractivity contribution in [1.29, 1.82) is 0 Å². The highest BCUT2D eigenvalue weighted by Gasteiger charge is 2.25. The molecule has 35 heavy (non-hydrogen) atoms. The van der Waals surface area contributed by atoms with Crippen molar-refractivity contribution in [3.05, 3.63) is 35.5 Å². The van der Waals surface area contributed by atoms with Crippen LogP contribution in [0.4, 0.5) is 23.1 Å². The van der Waals surface area contributed by atoms with Gasteiger partial charge in [-0.25, -0.2) is 13.4 Å². The number of aromatic nitrogens is 2. The molecule has 1 fully saturated rings. The van der Waals surface area contributed by atoms with E-state index >= 15 is 0 Å². The summed E-state index contributed by atoms with van der Waals surface area (Å²) in [6, 6.07) is 6.65. The highest BCUT2D eigenvalue weighted by Crippen LogP contribution is 2.32. The van der Waals surface area contributed by atoms with Gasteiger partial charge >= 0.3 is 0 Å². The molecule has 1 aromatic carbocycles. The molecule has 4 N–H and O–H groups in total. The minimum absolute atomic E-state index is 0.317. The van der Waals surface area contributed by atoms with Gasteiger partial charge in [-0.05, 0) is 56.7 Å². The number of amides is 1. The van der Waals surface area contributed by atoms with Crippen LogP contribution in [0.3, 0.4) is 0 Å². The Morgan fingerprint density at radius 2 is 1.97 bits per heavy atom. The van der Waals surface area contributed by atoms with Gasteiger partial charge in [-0.2, -0.15) is 4.98 Å². The smallest absolute Gasteiger partial charge is 0.258 e. The second-order valence-electron chi connectivity index (χ2n) is 9.28. The Kier molecular flexibility index (Phi) is 8.07. The van der Waals surface area contributed by atoms with Crippen LogP contribution < -0.4 is 20.3 Å². The summed E-state index contributed by atoms with van der Waals surface area (Å²) in [4.78, 5) is 24.4. The van der Waals surface area contributed by atoms with E-state index in [-0.39, 0.29) is 11.7 Å². The maximum Gasteiger partial charge on any atom is 0.258 e. The predicted octanol–water partition coefficient (Wildman–Crippen LogP) is 2.97. The van der Waals surface area contributed by atoms with Crippen molar-refractivity contribution in [1.82, 2.24) is 9.97 Å². The Hall–Kier alpha value is -2.92. The summed E-state index contributed by atoms with van der Waals surface area (Å²) in [6.45, 7) is 3.79. The first kappa shape index (κ1) is 25.2. The van der Waals surface area contributed by atoms with Crippen LogP contribution in [0.15, 0.2) is 24.3 Å². The molecule has 2 aliphatic heterocycles. The lowest BCUT2D eigenvalue weighted by atomic mass is 9.91. The summed E-state index contributed by atoms with van der Waals surface area (Å²) >= 11 is 0. The highest BCUT2D eigenvalue weighted by molar-refractivity contribution is 7.92. The Labute approximate surface area is 206 Å². The number of nitrogens with zero attached hydrogens (tertiary/aromatic N) is 3. The Balaban J connectivity index is 1.70. The fraction of sp³-hybridized carbons (Fsp3) is 0.542. The zero-order valence-corrected chi connectivity index (χ0v) is 20.9. The molecule has 0 unspecified atom stereocenters. The van der Waals surface area contributed by atoms with Gasteiger partial charge in [0.1, 0.15) is 5.82 Å². The molecule has 11 heteroatoms. The summed E-state index contributed by atoms with van der Waals surface area (Å²) in [5, 5.41) is 15.2. The number of fused-ring (bicyclic) bond motifs is 6. The summed E-state index contributed by atoms with van der Waals surface area (Å²) in [5.41, 5.74) is 2.25. The van der Waals surface area contributed by atoms with Crippen molar-refractivity contribution < 1.29 is 18.3 Å². The molecule has 1 saturated heterocycles. The average Bonchev–Trinajstić information content (AvgIpc) is 2.80. The SMILES string of the molecule is Cc1cc2nc(n1)NCCCCC[C@@H]1CCCN(C1)c1cc(NS(=O)(=O)CCO)ccc1C(=O)N2. The normalized spacial score (nSPS) is 19.3. The van der Waals surface area contributed by atoms with E-state index in [1.54, 1.807) is 24.3 Å². The van der Waals surface area contributed by atoms with E-state index in [1.165, 1.54) is 0 Å². The quantitative estimate of drug-likeness (QED) is 0.501. The van der Waals surface area contributed by atoms with Crippen LogP contribution in [0.2, 0.25) is 0 Å². The number of nitrogens with one attached hydrogen (secondary N) is 3. The zero-order valence-electron chi connectivity index (χ0n) is 20.1. The summed E-state index contributed by atoms with van der Waals surface area (Å²) in [7, 11) is -3.69. The lowest BCUT2D eigenvalue weighted by molar-refractivity contribution is 0.102. The second kappa shape index (κ2) is 11.2. The number of piperidine rings is 1. The fourth-order valence-electron chi connectivity index (χ4n) is 4.75. The van der Waals surface area contributed by atoms with E-state index < -0.39 is 16.6 Å². The van der Waals surface area contributed by atoms with Crippen LogP contribution in [-0.2, 0) is 10.0 Å². The van der Waals surface area contributed by atoms with Crippen LogP contribution in [0.5, 0.6) is 0 Å². The van der Waals surface area contributed by atoms with Crippen molar-refractivity contribution in [2.24, 2.45) is 5.92 Å². The number of sulfonamides is 1. The summed E-state index contributed by atoms with van der Waals surface area (Å²) in [6.07, 6.45) is 6.56. The van der Waals surface area contributed by atoms with E-state index in [0.717, 1.165) is 63.9 Å².